The van der Waals surface area contributed by atoms with E-state index >= 15 is 0 Å². The highest BCUT2D eigenvalue weighted by atomic mass is 16.2. The lowest BCUT2D eigenvalue weighted by molar-refractivity contribution is -0.146. The molecule has 5 rings (SSSR count). The van der Waals surface area contributed by atoms with Crippen LogP contribution in [0.25, 0.3) is 0 Å². The molecule has 0 bridgehead atoms. The van der Waals surface area contributed by atoms with Gasteiger partial charge in [0.25, 0.3) is 0 Å². The van der Waals surface area contributed by atoms with Gasteiger partial charge in [-0.1, -0.05) is 65.0 Å². The fourth-order valence-corrected chi connectivity index (χ4v) is 8.72. The molecule has 0 aromatic carbocycles. The average Bonchev–Trinajstić information content (AvgIpc) is 3.38. The molecule has 1 saturated heterocycles. The number of aromatic nitrogens is 4. The smallest absolute Gasteiger partial charge is 0.246 e. The maximum absolute atomic E-state index is 14.6. The maximum atomic E-state index is 14.6. The number of hydrogen-bond acceptors (Lipinski definition) is 9. The Morgan fingerprint density at radius 3 is 2.31 bits per heavy atom. The van der Waals surface area contributed by atoms with E-state index in [0.29, 0.717) is 25.3 Å². The Morgan fingerprint density at radius 2 is 1.67 bits per heavy atom. The lowest BCUT2D eigenvalue weighted by Crippen LogP contribution is -2.58. The van der Waals surface area contributed by atoms with Crippen LogP contribution in [0, 0.1) is 40.9 Å². The summed E-state index contributed by atoms with van der Waals surface area (Å²) >= 11 is 0. The van der Waals surface area contributed by atoms with Crippen LogP contribution in [0.4, 0.5) is 0 Å². The van der Waals surface area contributed by atoms with Crippen molar-refractivity contribution >= 4 is 34.9 Å². The van der Waals surface area contributed by atoms with Crippen molar-refractivity contribution < 1.29 is 28.8 Å². The van der Waals surface area contributed by atoms with Gasteiger partial charge >= 0.3 is 0 Å². The van der Waals surface area contributed by atoms with E-state index in [1.807, 2.05) is 27.7 Å². The van der Waals surface area contributed by atoms with E-state index in [-0.39, 0.29) is 78.4 Å². The van der Waals surface area contributed by atoms with Crippen molar-refractivity contribution in [3.05, 3.63) is 5.82 Å². The van der Waals surface area contributed by atoms with Crippen LogP contribution in [-0.2, 0) is 35.2 Å². The predicted octanol–water partition coefficient (Wildman–Crippen LogP) is 4.37. The van der Waals surface area contributed by atoms with Gasteiger partial charge in [0.2, 0.25) is 17.6 Å². The number of nitrogens with one attached hydrogen (secondary N) is 2. The van der Waals surface area contributed by atoms with Crippen LogP contribution in [0.5, 0.6) is 0 Å². The van der Waals surface area contributed by atoms with Gasteiger partial charge in [0.05, 0.1) is 12.5 Å². The summed E-state index contributed by atoms with van der Waals surface area (Å²) in [4.78, 5) is 83.9. The zero-order chi connectivity index (χ0) is 35.3. The van der Waals surface area contributed by atoms with E-state index < -0.39 is 35.1 Å². The standard InChI is InChI=1S/C37H56N6O6/c1-5-10-24(33(47)30(46)17-22-15-16-22)18-29(45)32-27-14-9-13-25(27)21-43(32)36(49)34(37(2,3)4)38-35(48)28(23-11-7-6-8-12-23)19-26(44)20-31-39-41-42-40-31/h22-25,27-28,32,34H,5-21H2,1-4H3,(H,38,48)(H,39,40,41,42)/t24?,25?,27?,28-,32+,34-/m1/s1. The van der Waals surface area contributed by atoms with Crippen molar-refractivity contribution in [2.24, 2.45) is 40.9 Å². The summed E-state index contributed by atoms with van der Waals surface area (Å²) in [6.45, 7) is 8.10. The van der Waals surface area contributed by atoms with Crippen LogP contribution in [-0.4, -0.2) is 79.1 Å². The number of ketones is 4. The van der Waals surface area contributed by atoms with E-state index in [1.54, 1.807) is 4.90 Å². The highest BCUT2D eigenvalue weighted by Crippen LogP contribution is 2.44. The maximum Gasteiger partial charge on any atom is 0.246 e. The molecule has 3 saturated carbocycles. The molecular formula is C37H56N6O6. The molecular weight excluding hydrogens is 624 g/mol. The van der Waals surface area contributed by atoms with Crippen molar-refractivity contribution in [1.29, 1.82) is 0 Å². The molecule has 0 radical (unpaired) electrons. The van der Waals surface area contributed by atoms with E-state index in [9.17, 15) is 28.8 Å². The molecule has 1 aromatic rings. The van der Waals surface area contributed by atoms with Crippen molar-refractivity contribution in [1.82, 2.24) is 30.8 Å². The second-order valence-electron chi connectivity index (χ2n) is 16.4. The zero-order valence-electron chi connectivity index (χ0n) is 29.9. The highest BCUT2D eigenvalue weighted by molar-refractivity contribution is 6.38. The van der Waals surface area contributed by atoms with Gasteiger partial charge in [-0.05, 0) is 74.0 Å². The molecule has 1 aliphatic heterocycles. The number of carbonyl (C=O) groups excluding carboxylic acids is 6. The van der Waals surface area contributed by atoms with Gasteiger partial charge < -0.3 is 10.2 Å². The Bertz CT molecular complexity index is 1360. The van der Waals surface area contributed by atoms with E-state index in [4.69, 9.17) is 0 Å². The second-order valence-corrected chi connectivity index (χ2v) is 16.4. The number of fused-ring (bicyclic) bond motifs is 1. The van der Waals surface area contributed by atoms with Crippen LogP contribution >= 0.6 is 0 Å². The Balaban J connectivity index is 1.34. The van der Waals surface area contributed by atoms with Gasteiger partial charge in [-0.15, -0.1) is 10.2 Å². The molecule has 0 spiro atoms. The molecule has 2 amide bonds. The fraction of sp³-hybridized carbons (Fsp3) is 0.811. The van der Waals surface area contributed by atoms with E-state index in [2.05, 4.69) is 25.9 Å². The number of carbonyl (C=O) groups is 6. The number of tetrazole rings is 1. The largest absolute Gasteiger partial charge is 0.344 e. The number of aromatic amines is 1. The molecule has 4 fully saturated rings. The highest BCUT2D eigenvalue weighted by Gasteiger charge is 2.52. The number of hydrogen-bond donors (Lipinski definition) is 2. The normalized spacial score (nSPS) is 24.6. The Morgan fingerprint density at radius 1 is 0.939 bits per heavy atom. The summed E-state index contributed by atoms with van der Waals surface area (Å²) in [7, 11) is 0. The first-order chi connectivity index (χ1) is 23.4. The number of rotatable bonds is 17. The quantitative estimate of drug-likeness (QED) is 0.227. The lowest BCUT2D eigenvalue weighted by atomic mass is 9.76. The zero-order valence-corrected chi connectivity index (χ0v) is 29.9. The predicted molar refractivity (Wildman–Crippen MR) is 181 cm³/mol. The SMILES string of the molecule is CCCC(CC(=O)[C@@H]1C2CCCC2CN1C(=O)[C@@H](NC(=O)[C@H](CC(=O)Cc1nn[nH]n1)C1CCCCC1)C(C)(C)C)C(=O)C(=O)CC1CC1. The monoisotopic (exact) mass is 680 g/mol. The summed E-state index contributed by atoms with van der Waals surface area (Å²) in [5.74, 6) is -2.21. The van der Waals surface area contributed by atoms with Crippen molar-refractivity contribution in [2.45, 2.75) is 143 Å². The van der Waals surface area contributed by atoms with Crippen LogP contribution in [0.2, 0.25) is 0 Å². The van der Waals surface area contributed by atoms with Crippen LogP contribution in [0.1, 0.15) is 130 Å². The third-order valence-electron chi connectivity index (χ3n) is 11.6. The molecule has 2 N–H and O–H groups in total. The van der Waals surface area contributed by atoms with Crippen molar-refractivity contribution in [3.63, 3.8) is 0 Å². The lowest BCUT2D eigenvalue weighted by Gasteiger charge is -2.38. The third kappa shape index (κ3) is 9.28. The molecule has 49 heavy (non-hydrogen) atoms. The van der Waals surface area contributed by atoms with Gasteiger partial charge in [0, 0.05) is 37.6 Å². The number of H-pyrrole nitrogens is 1. The Kier molecular flexibility index (Phi) is 12.2. The van der Waals surface area contributed by atoms with E-state index in [1.165, 1.54) is 0 Å². The molecule has 3 unspecified atom stereocenters. The van der Waals surface area contributed by atoms with Gasteiger partial charge in [-0.2, -0.15) is 5.21 Å². The van der Waals surface area contributed by atoms with E-state index in [0.717, 1.165) is 64.2 Å². The summed E-state index contributed by atoms with van der Waals surface area (Å²) in [6.07, 6.45) is 10.8. The minimum absolute atomic E-state index is 0.00469. The summed E-state index contributed by atoms with van der Waals surface area (Å²) in [5.41, 5.74) is -0.681. The van der Waals surface area contributed by atoms with Crippen molar-refractivity contribution in [2.75, 3.05) is 6.54 Å². The Labute approximate surface area is 290 Å². The van der Waals surface area contributed by atoms with Crippen LogP contribution in [0.15, 0.2) is 0 Å². The van der Waals surface area contributed by atoms with Gasteiger partial charge in [-0.25, -0.2) is 0 Å². The molecule has 2 heterocycles. The molecule has 1 aromatic heterocycles. The number of Topliss-reactive ketones (excluding diaryl/α,β-unsaturated/α-hetero) is 4. The summed E-state index contributed by atoms with van der Waals surface area (Å²) in [6, 6.07) is -1.60. The third-order valence-corrected chi connectivity index (χ3v) is 11.6. The number of amides is 2. The average molecular weight is 681 g/mol. The summed E-state index contributed by atoms with van der Waals surface area (Å²) < 4.78 is 0. The number of likely N-dealkylation sites (tertiary alicyclic amines) is 1. The fourth-order valence-electron chi connectivity index (χ4n) is 8.72. The second kappa shape index (κ2) is 16.1. The first-order valence-corrected chi connectivity index (χ1v) is 18.8. The van der Waals surface area contributed by atoms with Crippen LogP contribution in [0.3, 0.4) is 0 Å². The Hall–Kier alpha value is -3.31. The van der Waals surface area contributed by atoms with Gasteiger partial charge in [0.15, 0.2) is 17.4 Å². The molecule has 12 heteroatoms. The molecule has 6 atom stereocenters. The molecule has 12 nitrogen and oxygen atoms in total. The first-order valence-electron chi connectivity index (χ1n) is 18.8. The molecule has 3 aliphatic carbocycles. The minimum atomic E-state index is -0.916. The number of nitrogens with zero attached hydrogens (tertiary/aromatic N) is 4. The van der Waals surface area contributed by atoms with Crippen LogP contribution < -0.4 is 5.32 Å². The minimum Gasteiger partial charge on any atom is -0.344 e. The molecule has 4 aliphatic rings. The van der Waals surface area contributed by atoms with Gasteiger partial charge in [-0.3, -0.25) is 28.8 Å². The first kappa shape index (κ1) is 37.0. The van der Waals surface area contributed by atoms with Crippen molar-refractivity contribution in [3.8, 4) is 0 Å². The topological polar surface area (TPSA) is 172 Å². The molecule has 270 valence electrons. The summed E-state index contributed by atoms with van der Waals surface area (Å²) in [5, 5.41) is 16.8. The van der Waals surface area contributed by atoms with Gasteiger partial charge in [0.1, 0.15) is 11.8 Å².